The lowest BCUT2D eigenvalue weighted by atomic mass is 10.2. The van der Waals surface area contributed by atoms with E-state index in [0.717, 1.165) is 0 Å². The summed E-state index contributed by atoms with van der Waals surface area (Å²) in [6, 6.07) is 0. The van der Waals surface area contributed by atoms with Crippen LogP contribution in [-0.2, 0) is 0 Å². The standard InChI is InChI=1S/C6H7NO2/c1-4(8)6-3-7-9-5(6)2/h3,8H,1H2,2H3. The Morgan fingerprint density at radius 3 is 2.78 bits per heavy atom. The number of aromatic nitrogens is 1. The molecule has 1 N–H and O–H groups in total. The van der Waals surface area contributed by atoms with E-state index in [0.29, 0.717) is 11.3 Å². The molecule has 1 aromatic rings. The Kier molecular flexibility index (Phi) is 1.26. The monoisotopic (exact) mass is 125 g/mol. The average molecular weight is 125 g/mol. The molecule has 0 saturated carbocycles. The number of hydrogen-bond donors (Lipinski definition) is 1. The molecule has 9 heavy (non-hydrogen) atoms. The van der Waals surface area contributed by atoms with Gasteiger partial charge in [-0.15, -0.1) is 0 Å². The van der Waals surface area contributed by atoms with Gasteiger partial charge >= 0.3 is 0 Å². The van der Waals surface area contributed by atoms with Crippen LogP contribution < -0.4 is 0 Å². The van der Waals surface area contributed by atoms with Crippen molar-refractivity contribution in [2.24, 2.45) is 0 Å². The van der Waals surface area contributed by atoms with Crippen LogP contribution in [0.3, 0.4) is 0 Å². The third-order valence-corrected chi connectivity index (χ3v) is 1.06. The second-order valence-electron chi connectivity index (χ2n) is 1.74. The van der Waals surface area contributed by atoms with E-state index in [1.54, 1.807) is 6.92 Å². The predicted molar refractivity (Wildman–Crippen MR) is 32.9 cm³/mol. The molecule has 3 heteroatoms. The molecule has 48 valence electrons. The highest BCUT2D eigenvalue weighted by Gasteiger charge is 2.03. The summed E-state index contributed by atoms with van der Waals surface area (Å²) >= 11 is 0. The normalized spacial score (nSPS) is 9.44. The SMILES string of the molecule is C=C(O)c1cnoc1C. The zero-order valence-electron chi connectivity index (χ0n) is 5.09. The number of nitrogens with zero attached hydrogens (tertiary/aromatic N) is 1. The highest BCUT2D eigenvalue weighted by molar-refractivity contribution is 5.55. The van der Waals surface area contributed by atoms with Gasteiger partial charge in [-0.2, -0.15) is 0 Å². The summed E-state index contributed by atoms with van der Waals surface area (Å²) in [5.41, 5.74) is 0.565. The lowest BCUT2D eigenvalue weighted by Gasteiger charge is -1.88. The second kappa shape index (κ2) is 1.93. The van der Waals surface area contributed by atoms with Gasteiger partial charge in [0.15, 0.2) is 0 Å². The first kappa shape index (κ1) is 5.88. The lowest BCUT2D eigenvalue weighted by molar-refractivity contribution is 0.396. The minimum Gasteiger partial charge on any atom is -0.508 e. The van der Waals surface area contributed by atoms with Gasteiger partial charge in [0.2, 0.25) is 0 Å². The summed E-state index contributed by atoms with van der Waals surface area (Å²) in [6.45, 7) is 5.03. The van der Waals surface area contributed by atoms with Gasteiger partial charge in [0.05, 0.1) is 11.8 Å². The van der Waals surface area contributed by atoms with Crippen molar-refractivity contribution in [1.29, 1.82) is 0 Å². The molecule has 0 aliphatic heterocycles. The summed E-state index contributed by atoms with van der Waals surface area (Å²) in [6.07, 6.45) is 1.43. The van der Waals surface area contributed by atoms with Crippen LogP contribution in [0.15, 0.2) is 17.3 Å². The van der Waals surface area contributed by atoms with E-state index in [2.05, 4.69) is 16.3 Å². The van der Waals surface area contributed by atoms with Crippen LogP contribution in [0.25, 0.3) is 5.76 Å². The van der Waals surface area contributed by atoms with Crippen LogP contribution in [0.2, 0.25) is 0 Å². The number of aryl methyl sites for hydroxylation is 1. The molecule has 3 nitrogen and oxygen atoms in total. The molecule has 1 heterocycles. The highest BCUT2D eigenvalue weighted by atomic mass is 16.5. The van der Waals surface area contributed by atoms with Gasteiger partial charge in [0.25, 0.3) is 0 Å². The summed E-state index contributed by atoms with van der Waals surface area (Å²) < 4.78 is 4.65. The predicted octanol–water partition coefficient (Wildman–Crippen LogP) is 1.51. The fraction of sp³-hybridized carbons (Fsp3) is 0.167. The molecule has 0 bridgehead atoms. The van der Waals surface area contributed by atoms with Crippen molar-refractivity contribution < 1.29 is 9.63 Å². The van der Waals surface area contributed by atoms with Crippen LogP contribution in [0, 0.1) is 6.92 Å². The Labute approximate surface area is 52.6 Å². The summed E-state index contributed by atoms with van der Waals surface area (Å²) in [5.74, 6) is 0.580. The van der Waals surface area contributed by atoms with Gasteiger partial charge in [-0.3, -0.25) is 0 Å². The fourth-order valence-electron chi connectivity index (χ4n) is 0.576. The third kappa shape index (κ3) is 0.937. The summed E-state index contributed by atoms with van der Waals surface area (Å²) in [4.78, 5) is 0. The maximum atomic E-state index is 8.80. The Balaban J connectivity index is 3.08. The van der Waals surface area contributed by atoms with Gasteiger partial charge < -0.3 is 9.63 Å². The largest absolute Gasteiger partial charge is 0.508 e. The van der Waals surface area contributed by atoms with Crippen molar-refractivity contribution in [2.75, 3.05) is 0 Å². The lowest BCUT2D eigenvalue weighted by Crippen LogP contribution is -1.77. The van der Waals surface area contributed by atoms with Crippen molar-refractivity contribution in [1.82, 2.24) is 5.16 Å². The summed E-state index contributed by atoms with van der Waals surface area (Å²) in [7, 11) is 0. The Morgan fingerprint density at radius 1 is 1.89 bits per heavy atom. The van der Waals surface area contributed by atoms with Crippen molar-refractivity contribution >= 4 is 5.76 Å². The molecule has 0 unspecified atom stereocenters. The first-order valence-electron chi connectivity index (χ1n) is 2.51. The molecule has 0 saturated heterocycles. The first-order valence-corrected chi connectivity index (χ1v) is 2.51. The molecule has 0 aromatic carbocycles. The van der Waals surface area contributed by atoms with Gasteiger partial charge in [-0.25, -0.2) is 0 Å². The van der Waals surface area contributed by atoms with E-state index in [1.807, 2.05) is 0 Å². The van der Waals surface area contributed by atoms with E-state index in [9.17, 15) is 0 Å². The van der Waals surface area contributed by atoms with Gasteiger partial charge in [-0.1, -0.05) is 11.7 Å². The van der Waals surface area contributed by atoms with E-state index < -0.39 is 0 Å². The minimum atomic E-state index is -0.00579. The molecule has 1 aromatic heterocycles. The molecular weight excluding hydrogens is 118 g/mol. The quantitative estimate of drug-likeness (QED) is 0.578. The molecule has 0 radical (unpaired) electrons. The van der Waals surface area contributed by atoms with E-state index in [1.165, 1.54) is 6.20 Å². The third-order valence-electron chi connectivity index (χ3n) is 1.06. The number of aliphatic hydroxyl groups is 1. The highest BCUT2D eigenvalue weighted by Crippen LogP contribution is 2.12. The van der Waals surface area contributed by atoms with E-state index >= 15 is 0 Å². The maximum Gasteiger partial charge on any atom is 0.144 e. The molecule has 0 aliphatic rings. The van der Waals surface area contributed by atoms with Gasteiger partial charge in [-0.05, 0) is 6.92 Å². The first-order chi connectivity index (χ1) is 4.22. The van der Waals surface area contributed by atoms with Gasteiger partial charge in [0, 0.05) is 0 Å². The molecular formula is C6H7NO2. The number of hydrogen-bond acceptors (Lipinski definition) is 3. The Morgan fingerprint density at radius 2 is 2.56 bits per heavy atom. The zero-order valence-corrected chi connectivity index (χ0v) is 5.09. The zero-order chi connectivity index (χ0) is 6.85. The van der Waals surface area contributed by atoms with E-state index in [4.69, 9.17) is 5.11 Å². The van der Waals surface area contributed by atoms with Crippen molar-refractivity contribution in [3.8, 4) is 0 Å². The van der Waals surface area contributed by atoms with Crippen LogP contribution in [0.5, 0.6) is 0 Å². The van der Waals surface area contributed by atoms with Crippen molar-refractivity contribution in [3.63, 3.8) is 0 Å². The average Bonchev–Trinajstić information content (AvgIpc) is 2.13. The second-order valence-corrected chi connectivity index (χ2v) is 1.74. The van der Waals surface area contributed by atoms with Gasteiger partial charge in [0.1, 0.15) is 11.5 Å². The van der Waals surface area contributed by atoms with Crippen molar-refractivity contribution in [3.05, 3.63) is 24.1 Å². The number of rotatable bonds is 1. The summed E-state index contributed by atoms with van der Waals surface area (Å²) in [5, 5.41) is 12.2. The van der Waals surface area contributed by atoms with Crippen LogP contribution >= 0.6 is 0 Å². The van der Waals surface area contributed by atoms with E-state index in [-0.39, 0.29) is 5.76 Å². The van der Waals surface area contributed by atoms with Crippen LogP contribution in [0.4, 0.5) is 0 Å². The van der Waals surface area contributed by atoms with Crippen LogP contribution in [-0.4, -0.2) is 10.3 Å². The fourth-order valence-corrected chi connectivity index (χ4v) is 0.576. The molecule has 0 aliphatic carbocycles. The molecule has 1 rings (SSSR count). The topological polar surface area (TPSA) is 46.3 Å². The molecule has 0 spiro atoms. The smallest absolute Gasteiger partial charge is 0.144 e. The van der Waals surface area contributed by atoms with Crippen LogP contribution in [0.1, 0.15) is 11.3 Å². The minimum absolute atomic E-state index is 0.00579. The maximum absolute atomic E-state index is 8.80. The van der Waals surface area contributed by atoms with Crippen molar-refractivity contribution in [2.45, 2.75) is 6.92 Å². The molecule has 0 atom stereocenters. The molecule has 0 fully saturated rings. The Hall–Kier alpha value is -1.25. The number of aliphatic hydroxyl groups excluding tert-OH is 1. The Bertz CT molecular complexity index is 227. The molecule has 0 amide bonds.